The molecule has 0 bridgehead atoms. The molecular weight excluding hydrogens is 252 g/mol. The van der Waals surface area contributed by atoms with Crippen LogP contribution in [-0.4, -0.2) is 25.6 Å². The van der Waals surface area contributed by atoms with Gasteiger partial charge >= 0.3 is 0 Å². The van der Waals surface area contributed by atoms with Gasteiger partial charge in [0.2, 0.25) is 5.91 Å². The SMILES string of the molecule is COc1ccc2c(c1)NC(=O)CC1(CCCCC1)N2C. The first-order chi connectivity index (χ1) is 9.64. The third-order valence-electron chi connectivity index (χ3n) is 4.82. The number of rotatable bonds is 1. The van der Waals surface area contributed by atoms with Crippen molar-refractivity contribution < 1.29 is 9.53 Å². The summed E-state index contributed by atoms with van der Waals surface area (Å²) in [5.74, 6) is 0.891. The van der Waals surface area contributed by atoms with E-state index in [1.807, 2.05) is 12.1 Å². The predicted octanol–water partition coefficient (Wildman–Crippen LogP) is 3.18. The minimum Gasteiger partial charge on any atom is -0.497 e. The quantitative estimate of drug-likeness (QED) is 0.855. The summed E-state index contributed by atoms with van der Waals surface area (Å²) in [7, 11) is 3.77. The molecule has 0 aromatic heterocycles. The molecule has 0 unspecified atom stereocenters. The summed E-state index contributed by atoms with van der Waals surface area (Å²) in [4.78, 5) is 14.6. The van der Waals surface area contributed by atoms with Crippen LogP contribution in [0.15, 0.2) is 18.2 Å². The van der Waals surface area contributed by atoms with Crippen molar-refractivity contribution in [2.75, 3.05) is 24.4 Å². The predicted molar refractivity (Wildman–Crippen MR) is 80.5 cm³/mol. The highest BCUT2D eigenvalue weighted by Crippen LogP contribution is 2.43. The minimum atomic E-state index is -0.0117. The number of carbonyl (C=O) groups is 1. The second-order valence-electron chi connectivity index (χ2n) is 5.95. The van der Waals surface area contributed by atoms with Crippen LogP contribution in [0.25, 0.3) is 0 Å². The number of amides is 1. The number of carbonyl (C=O) groups excluding carboxylic acids is 1. The second-order valence-corrected chi connectivity index (χ2v) is 5.95. The van der Waals surface area contributed by atoms with Crippen LogP contribution in [0.4, 0.5) is 11.4 Å². The second kappa shape index (κ2) is 5.00. The molecule has 1 N–H and O–H groups in total. The Kier molecular flexibility index (Phi) is 3.32. The number of hydrogen-bond donors (Lipinski definition) is 1. The molecule has 0 atom stereocenters. The fraction of sp³-hybridized carbons (Fsp3) is 0.562. The summed E-state index contributed by atoms with van der Waals surface area (Å²) in [5.41, 5.74) is 1.94. The molecule has 1 aliphatic carbocycles. The molecule has 108 valence electrons. The first kappa shape index (κ1) is 13.3. The Hall–Kier alpha value is -1.71. The van der Waals surface area contributed by atoms with E-state index >= 15 is 0 Å². The number of anilines is 2. The van der Waals surface area contributed by atoms with E-state index in [0.29, 0.717) is 6.42 Å². The number of methoxy groups -OCH3 is 1. The van der Waals surface area contributed by atoms with Gasteiger partial charge in [0, 0.05) is 18.7 Å². The van der Waals surface area contributed by atoms with Gasteiger partial charge in [-0.05, 0) is 25.0 Å². The number of nitrogens with zero attached hydrogens (tertiary/aromatic N) is 1. The van der Waals surface area contributed by atoms with E-state index in [4.69, 9.17) is 4.74 Å². The largest absolute Gasteiger partial charge is 0.497 e. The minimum absolute atomic E-state index is 0.0117. The molecule has 1 spiro atoms. The lowest BCUT2D eigenvalue weighted by Crippen LogP contribution is -2.49. The maximum Gasteiger partial charge on any atom is 0.226 e. The number of hydrogen-bond acceptors (Lipinski definition) is 3. The van der Waals surface area contributed by atoms with Crippen LogP contribution in [0.1, 0.15) is 38.5 Å². The third-order valence-corrected chi connectivity index (χ3v) is 4.82. The Morgan fingerprint density at radius 1 is 1.25 bits per heavy atom. The number of fused-ring (bicyclic) bond motifs is 1. The van der Waals surface area contributed by atoms with E-state index in [0.717, 1.165) is 30.0 Å². The smallest absolute Gasteiger partial charge is 0.226 e. The zero-order valence-corrected chi connectivity index (χ0v) is 12.2. The topological polar surface area (TPSA) is 41.6 Å². The average Bonchev–Trinajstić information content (AvgIpc) is 2.55. The highest BCUT2D eigenvalue weighted by Gasteiger charge is 2.41. The molecular formula is C16H22N2O2. The van der Waals surface area contributed by atoms with Crippen molar-refractivity contribution in [3.05, 3.63) is 18.2 Å². The molecule has 1 aromatic rings. The van der Waals surface area contributed by atoms with Crippen LogP contribution in [0.2, 0.25) is 0 Å². The maximum absolute atomic E-state index is 12.3. The molecule has 20 heavy (non-hydrogen) atoms. The van der Waals surface area contributed by atoms with Crippen LogP contribution in [0, 0.1) is 0 Å². The van der Waals surface area contributed by atoms with Gasteiger partial charge in [0.15, 0.2) is 0 Å². The lowest BCUT2D eigenvalue weighted by molar-refractivity contribution is -0.117. The number of nitrogens with one attached hydrogen (secondary N) is 1. The Balaban J connectivity index is 2.04. The van der Waals surface area contributed by atoms with E-state index < -0.39 is 0 Å². The molecule has 1 aromatic carbocycles. The molecule has 4 heteroatoms. The highest BCUT2D eigenvalue weighted by molar-refractivity contribution is 5.97. The Morgan fingerprint density at radius 2 is 2.00 bits per heavy atom. The zero-order valence-electron chi connectivity index (χ0n) is 12.2. The van der Waals surface area contributed by atoms with E-state index in [1.165, 1.54) is 19.3 Å². The van der Waals surface area contributed by atoms with Crippen molar-refractivity contribution in [2.24, 2.45) is 0 Å². The van der Waals surface area contributed by atoms with Gasteiger partial charge in [-0.25, -0.2) is 0 Å². The van der Waals surface area contributed by atoms with Crippen LogP contribution in [0.5, 0.6) is 5.75 Å². The molecule has 1 saturated carbocycles. The van der Waals surface area contributed by atoms with Gasteiger partial charge in [-0.1, -0.05) is 19.3 Å². The van der Waals surface area contributed by atoms with E-state index in [1.54, 1.807) is 7.11 Å². The molecule has 1 heterocycles. The Morgan fingerprint density at radius 3 is 2.70 bits per heavy atom. The van der Waals surface area contributed by atoms with E-state index in [9.17, 15) is 4.79 Å². The molecule has 3 rings (SSSR count). The summed E-state index contributed by atoms with van der Waals surface area (Å²) >= 11 is 0. The molecule has 0 radical (unpaired) electrons. The summed E-state index contributed by atoms with van der Waals surface area (Å²) in [6.45, 7) is 0. The molecule has 0 saturated heterocycles. The molecule has 1 amide bonds. The van der Waals surface area contributed by atoms with Gasteiger partial charge in [0.1, 0.15) is 5.75 Å². The van der Waals surface area contributed by atoms with Crippen LogP contribution < -0.4 is 15.0 Å². The van der Waals surface area contributed by atoms with Crippen LogP contribution >= 0.6 is 0 Å². The summed E-state index contributed by atoms with van der Waals surface area (Å²) in [6, 6.07) is 5.92. The summed E-state index contributed by atoms with van der Waals surface area (Å²) in [5, 5.41) is 3.04. The van der Waals surface area contributed by atoms with Gasteiger partial charge in [-0.15, -0.1) is 0 Å². The van der Waals surface area contributed by atoms with Crippen molar-refractivity contribution >= 4 is 17.3 Å². The van der Waals surface area contributed by atoms with Crippen molar-refractivity contribution in [1.29, 1.82) is 0 Å². The molecule has 4 nitrogen and oxygen atoms in total. The van der Waals surface area contributed by atoms with Gasteiger partial charge in [-0.3, -0.25) is 4.79 Å². The van der Waals surface area contributed by atoms with E-state index in [-0.39, 0.29) is 11.4 Å². The van der Waals surface area contributed by atoms with Crippen molar-refractivity contribution in [3.63, 3.8) is 0 Å². The van der Waals surface area contributed by atoms with E-state index in [2.05, 4.69) is 23.3 Å². The lowest BCUT2D eigenvalue weighted by atomic mass is 9.78. The normalized spacial score (nSPS) is 21.1. The maximum atomic E-state index is 12.3. The molecule has 1 fully saturated rings. The third kappa shape index (κ3) is 2.13. The average molecular weight is 274 g/mol. The first-order valence-electron chi connectivity index (χ1n) is 7.36. The molecule has 1 aliphatic heterocycles. The fourth-order valence-electron chi connectivity index (χ4n) is 3.62. The lowest BCUT2D eigenvalue weighted by Gasteiger charge is -2.44. The standard InChI is InChI=1S/C16H22N2O2/c1-18-14-7-6-12(20-2)10-13(14)17-15(19)11-16(18)8-4-3-5-9-16/h6-7,10H,3-5,8-9,11H2,1-2H3,(H,17,19). The zero-order chi connectivity index (χ0) is 14.2. The fourth-order valence-corrected chi connectivity index (χ4v) is 3.62. The van der Waals surface area contributed by atoms with Crippen LogP contribution in [0.3, 0.4) is 0 Å². The summed E-state index contributed by atoms with van der Waals surface area (Å²) < 4.78 is 5.26. The Bertz CT molecular complexity index is 521. The first-order valence-corrected chi connectivity index (χ1v) is 7.36. The highest BCUT2D eigenvalue weighted by atomic mass is 16.5. The van der Waals surface area contributed by atoms with Crippen LogP contribution in [-0.2, 0) is 4.79 Å². The monoisotopic (exact) mass is 274 g/mol. The summed E-state index contributed by atoms with van der Waals surface area (Å²) in [6.07, 6.45) is 6.49. The van der Waals surface area contributed by atoms with Crippen molar-refractivity contribution in [2.45, 2.75) is 44.1 Å². The number of benzene rings is 1. The Labute approximate surface area is 120 Å². The van der Waals surface area contributed by atoms with Gasteiger partial charge in [0.05, 0.1) is 24.9 Å². The van der Waals surface area contributed by atoms with Gasteiger partial charge in [-0.2, -0.15) is 0 Å². The van der Waals surface area contributed by atoms with Crippen molar-refractivity contribution in [3.8, 4) is 5.75 Å². The van der Waals surface area contributed by atoms with Crippen molar-refractivity contribution in [1.82, 2.24) is 0 Å². The molecule has 2 aliphatic rings. The van der Waals surface area contributed by atoms with Gasteiger partial charge in [0.25, 0.3) is 0 Å². The van der Waals surface area contributed by atoms with Gasteiger partial charge < -0.3 is 15.0 Å². The number of ether oxygens (including phenoxy) is 1.